The van der Waals surface area contributed by atoms with Crippen LogP contribution in [-0.4, -0.2) is 114 Å². The first-order chi connectivity index (χ1) is 4.81. The Morgan fingerprint density at radius 1 is 0.789 bits per heavy atom. The molecule has 0 radical (unpaired) electrons. The van der Waals surface area contributed by atoms with Crippen LogP contribution in [0.4, 0.5) is 0 Å². The van der Waals surface area contributed by atoms with E-state index in [1.54, 1.807) is 0 Å². The predicted molar refractivity (Wildman–Crippen MR) is 61.7 cm³/mol. The Morgan fingerprint density at radius 2 is 0.895 bits per heavy atom. The molecule has 0 bridgehead atoms. The third-order valence-electron chi connectivity index (χ3n) is 0.421. The standard InChI is InChI=1S/C3H8O3.Mg.H2O4S.7H2O/c4-1-3(6)2-5;;1-5(2,3)4;;;;;;;/h3-6H,1-2H2;;(H2,1,2,3,4);7*1H2/q;+2;;;;;;;;/p-2. The second-order valence-electron chi connectivity index (χ2n) is 1.43. The molecular weight excluding hydrogens is 316 g/mol. The monoisotopic (exact) mass is 338 g/mol. The summed E-state index contributed by atoms with van der Waals surface area (Å²) in [7, 11) is -5.17. The van der Waals surface area contributed by atoms with Crippen molar-refractivity contribution in [1.82, 2.24) is 0 Å². The zero-order valence-corrected chi connectivity index (χ0v) is 11.8. The van der Waals surface area contributed by atoms with Crippen LogP contribution in [0.5, 0.6) is 0 Å². The summed E-state index contributed by atoms with van der Waals surface area (Å²) >= 11 is 0. The second-order valence-corrected chi connectivity index (χ2v) is 2.24. The van der Waals surface area contributed by atoms with Crippen molar-refractivity contribution >= 4 is 33.5 Å². The zero-order chi connectivity index (χ0) is 9.49. The van der Waals surface area contributed by atoms with Crippen molar-refractivity contribution < 1.29 is 71.2 Å². The summed E-state index contributed by atoms with van der Waals surface area (Å²) in [4.78, 5) is 0. The fourth-order valence-electron chi connectivity index (χ4n) is 0.0577. The maximum Gasteiger partial charge on any atom is 2.00 e. The van der Waals surface area contributed by atoms with Gasteiger partial charge in [-0.3, -0.25) is 8.42 Å². The summed E-state index contributed by atoms with van der Waals surface area (Å²) in [5.74, 6) is 0. The van der Waals surface area contributed by atoms with Crippen LogP contribution in [0, 0.1) is 0 Å². The van der Waals surface area contributed by atoms with E-state index in [9.17, 15) is 0 Å². The maximum absolute atomic E-state index is 8.52. The molecule has 0 aliphatic carbocycles. The fourth-order valence-corrected chi connectivity index (χ4v) is 0.0577. The van der Waals surface area contributed by atoms with Crippen LogP contribution in [0.25, 0.3) is 0 Å². The normalized spacial score (nSPS) is 6.21. The minimum atomic E-state index is -5.17. The molecule has 0 atom stereocenters. The Hall–Kier alpha value is 0.236. The van der Waals surface area contributed by atoms with E-state index in [2.05, 4.69) is 0 Å². The minimum absolute atomic E-state index is 0. The van der Waals surface area contributed by atoms with Crippen molar-refractivity contribution in [3.05, 3.63) is 0 Å². The van der Waals surface area contributed by atoms with Gasteiger partial charge in [0.15, 0.2) is 0 Å². The van der Waals surface area contributed by atoms with Crippen molar-refractivity contribution in [2.45, 2.75) is 6.10 Å². The van der Waals surface area contributed by atoms with E-state index in [-0.39, 0.29) is 74.6 Å². The second kappa shape index (κ2) is 42.9. The Bertz CT molecular complexity index is 158. The van der Waals surface area contributed by atoms with Gasteiger partial charge in [-0.25, -0.2) is 0 Å². The van der Waals surface area contributed by atoms with Gasteiger partial charge in [0.2, 0.25) is 0 Å². The Labute approximate surface area is 124 Å². The first-order valence-corrected chi connectivity index (χ1v) is 3.71. The molecule has 0 saturated carbocycles. The Morgan fingerprint density at radius 3 is 0.895 bits per heavy atom. The van der Waals surface area contributed by atoms with Crippen LogP contribution in [-0.2, 0) is 10.4 Å². The average molecular weight is 339 g/mol. The van der Waals surface area contributed by atoms with Crippen molar-refractivity contribution in [1.29, 1.82) is 0 Å². The molecule has 0 spiro atoms. The molecule has 0 saturated heterocycles. The molecule has 0 aromatic rings. The van der Waals surface area contributed by atoms with E-state index >= 15 is 0 Å². The van der Waals surface area contributed by atoms with Gasteiger partial charge in [-0.15, -0.1) is 0 Å². The fraction of sp³-hybridized carbons (Fsp3) is 1.00. The number of hydrogen-bond acceptors (Lipinski definition) is 7. The molecule has 19 heavy (non-hydrogen) atoms. The van der Waals surface area contributed by atoms with Gasteiger partial charge in [0, 0.05) is 10.4 Å². The van der Waals surface area contributed by atoms with Gasteiger partial charge < -0.3 is 62.8 Å². The Balaban J connectivity index is -0.00000000754. The molecule has 0 unspecified atom stereocenters. The summed E-state index contributed by atoms with van der Waals surface area (Å²) in [5, 5.41) is 24.0. The molecule has 14 nitrogen and oxygen atoms in total. The van der Waals surface area contributed by atoms with Crippen LogP contribution < -0.4 is 0 Å². The van der Waals surface area contributed by atoms with Crippen LogP contribution in [0.15, 0.2) is 0 Å². The molecule has 0 heterocycles. The van der Waals surface area contributed by atoms with Crippen molar-refractivity contribution in [3.8, 4) is 0 Å². The molecule has 0 aromatic carbocycles. The molecule has 16 heteroatoms. The predicted octanol–water partition coefficient (Wildman–Crippen LogP) is -9.16. The van der Waals surface area contributed by atoms with Crippen molar-refractivity contribution in [2.75, 3.05) is 13.2 Å². The molecule has 0 aliphatic heterocycles. The van der Waals surface area contributed by atoms with Crippen LogP contribution in [0.1, 0.15) is 0 Å². The SMILES string of the molecule is O.O.O.O.O.O.O.O=S(=O)([O-])[O-].OCC(O)CO.[Mg+2]. The molecule has 126 valence electrons. The van der Waals surface area contributed by atoms with Gasteiger partial charge in [0.1, 0.15) is 6.10 Å². The van der Waals surface area contributed by atoms with E-state index < -0.39 is 16.5 Å². The number of aliphatic hydroxyl groups excluding tert-OH is 3. The van der Waals surface area contributed by atoms with E-state index in [4.69, 9.17) is 32.8 Å². The number of aliphatic hydroxyl groups is 3. The molecule has 0 aliphatic rings. The first kappa shape index (κ1) is 75.0. The van der Waals surface area contributed by atoms with E-state index in [0.29, 0.717) is 0 Å². The molecule has 0 aromatic heterocycles. The van der Waals surface area contributed by atoms with Gasteiger partial charge in [0.25, 0.3) is 0 Å². The average Bonchev–Trinajstić information content (AvgIpc) is 1.83. The minimum Gasteiger partial charge on any atom is -0.759 e. The molecule has 0 fully saturated rings. The van der Waals surface area contributed by atoms with Crippen molar-refractivity contribution in [3.63, 3.8) is 0 Å². The van der Waals surface area contributed by atoms with Gasteiger partial charge >= 0.3 is 23.1 Å². The molecule has 0 amide bonds. The van der Waals surface area contributed by atoms with E-state index in [0.717, 1.165) is 0 Å². The van der Waals surface area contributed by atoms with Crippen LogP contribution in [0.2, 0.25) is 0 Å². The van der Waals surface area contributed by atoms with E-state index in [1.165, 1.54) is 0 Å². The molecule has 17 N–H and O–H groups in total. The van der Waals surface area contributed by atoms with Crippen molar-refractivity contribution in [2.24, 2.45) is 0 Å². The molecule has 0 rings (SSSR count). The summed E-state index contributed by atoms with van der Waals surface area (Å²) in [6, 6.07) is 0. The van der Waals surface area contributed by atoms with Gasteiger partial charge in [-0.1, -0.05) is 0 Å². The van der Waals surface area contributed by atoms with Crippen LogP contribution in [0.3, 0.4) is 0 Å². The van der Waals surface area contributed by atoms with Gasteiger partial charge in [0.05, 0.1) is 13.2 Å². The first-order valence-electron chi connectivity index (χ1n) is 2.37. The summed E-state index contributed by atoms with van der Waals surface area (Å²) in [5.41, 5.74) is 0. The Kier molecular flexibility index (Phi) is 169. The third-order valence-corrected chi connectivity index (χ3v) is 0.421. The molecular formula is C3H22MgO14S. The smallest absolute Gasteiger partial charge is 0.759 e. The number of rotatable bonds is 2. The van der Waals surface area contributed by atoms with Gasteiger partial charge in [-0.05, 0) is 0 Å². The van der Waals surface area contributed by atoms with E-state index in [1.807, 2.05) is 0 Å². The third kappa shape index (κ3) is 268. The summed E-state index contributed by atoms with van der Waals surface area (Å²) in [6.45, 7) is -0.729. The maximum atomic E-state index is 8.52. The number of hydrogen-bond donors (Lipinski definition) is 3. The van der Waals surface area contributed by atoms with Gasteiger partial charge in [-0.2, -0.15) is 0 Å². The van der Waals surface area contributed by atoms with Crippen LogP contribution >= 0.6 is 0 Å². The topological polar surface area (TPSA) is 361 Å². The summed E-state index contributed by atoms with van der Waals surface area (Å²) < 4.78 is 34.1. The quantitative estimate of drug-likeness (QED) is 0.247. The zero-order valence-electron chi connectivity index (χ0n) is 9.58. The largest absolute Gasteiger partial charge is 2.00 e. The summed E-state index contributed by atoms with van der Waals surface area (Å²) in [6.07, 6.45) is -0.954.